The van der Waals surface area contributed by atoms with Crippen LogP contribution in [0.3, 0.4) is 0 Å². The first kappa shape index (κ1) is 16.2. The fourth-order valence-corrected chi connectivity index (χ4v) is 3.83. The van der Waals surface area contributed by atoms with Crippen molar-refractivity contribution >= 4 is 17.2 Å². The molecule has 25 heavy (non-hydrogen) atoms. The van der Waals surface area contributed by atoms with Crippen LogP contribution in [-0.2, 0) is 6.54 Å². The van der Waals surface area contributed by atoms with Gasteiger partial charge in [0.15, 0.2) is 5.82 Å². The van der Waals surface area contributed by atoms with Crippen LogP contribution in [0.1, 0.15) is 11.1 Å². The summed E-state index contributed by atoms with van der Waals surface area (Å²) in [5.74, 6) is 1.93. The molecule has 0 aliphatic carbocycles. The second-order valence-electron chi connectivity index (χ2n) is 6.30. The maximum atomic E-state index is 4.53. The van der Waals surface area contributed by atoms with Crippen LogP contribution in [0.2, 0.25) is 0 Å². The third-order valence-electron chi connectivity index (χ3n) is 4.51. The number of rotatable bonds is 4. The predicted octanol–water partition coefficient (Wildman–Crippen LogP) is 3.23. The molecule has 0 aromatic carbocycles. The molecule has 0 bridgehead atoms. The van der Waals surface area contributed by atoms with E-state index in [0.717, 1.165) is 49.2 Å². The Labute approximate surface area is 152 Å². The first-order valence-electron chi connectivity index (χ1n) is 8.53. The molecule has 1 aliphatic heterocycles. The van der Waals surface area contributed by atoms with E-state index in [2.05, 4.69) is 49.2 Å². The molecule has 3 aromatic rings. The Hall–Kier alpha value is -2.31. The van der Waals surface area contributed by atoms with Gasteiger partial charge in [-0.05, 0) is 30.0 Å². The fourth-order valence-electron chi connectivity index (χ4n) is 3.15. The van der Waals surface area contributed by atoms with Crippen LogP contribution in [0.25, 0.3) is 10.7 Å². The molecule has 6 heteroatoms. The summed E-state index contributed by atoms with van der Waals surface area (Å²) in [6.07, 6.45) is 5.79. The number of aryl methyl sites for hydroxylation is 1. The van der Waals surface area contributed by atoms with Crippen molar-refractivity contribution in [2.24, 2.45) is 0 Å². The topological polar surface area (TPSA) is 45.2 Å². The van der Waals surface area contributed by atoms with E-state index < -0.39 is 0 Å². The number of aromatic nitrogens is 3. The Morgan fingerprint density at radius 3 is 2.48 bits per heavy atom. The van der Waals surface area contributed by atoms with Crippen LogP contribution in [0.4, 0.5) is 5.82 Å². The van der Waals surface area contributed by atoms with E-state index >= 15 is 0 Å². The zero-order valence-electron chi connectivity index (χ0n) is 14.3. The lowest BCUT2D eigenvalue weighted by Gasteiger charge is -2.35. The molecule has 0 saturated carbocycles. The number of hydrogen-bond acceptors (Lipinski definition) is 6. The molecule has 4 rings (SSSR count). The van der Waals surface area contributed by atoms with Gasteiger partial charge in [-0.15, -0.1) is 11.3 Å². The van der Waals surface area contributed by atoms with Crippen LogP contribution in [0, 0.1) is 6.92 Å². The molecule has 0 radical (unpaired) electrons. The molecule has 0 spiro atoms. The van der Waals surface area contributed by atoms with Crippen molar-refractivity contribution in [2.45, 2.75) is 13.5 Å². The zero-order valence-corrected chi connectivity index (χ0v) is 15.1. The number of thiophene rings is 1. The quantitative estimate of drug-likeness (QED) is 0.722. The number of piperazine rings is 1. The van der Waals surface area contributed by atoms with Crippen molar-refractivity contribution in [3.8, 4) is 10.7 Å². The highest BCUT2D eigenvalue weighted by Gasteiger charge is 2.19. The molecule has 0 unspecified atom stereocenters. The summed E-state index contributed by atoms with van der Waals surface area (Å²) in [4.78, 5) is 19.5. The SMILES string of the molecule is Cc1cccnc1N1CCN(Cc2cnc(-c3cccs3)nc2)CC1. The summed E-state index contributed by atoms with van der Waals surface area (Å²) in [7, 11) is 0. The van der Waals surface area contributed by atoms with Gasteiger partial charge in [0.25, 0.3) is 0 Å². The molecule has 0 atom stereocenters. The first-order chi connectivity index (χ1) is 12.3. The van der Waals surface area contributed by atoms with Crippen LogP contribution in [0.15, 0.2) is 48.2 Å². The highest BCUT2D eigenvalue weighted by molar-refractivity contribution is 7.13. The van der Waals surface area contributed by atoms with Crippen LogP contribution in [-0.4, -0.2) is 46.0 Å². The van der Waals surface area contributed by atoms with Crippen molar-refractivity contribution in [2.75, 3.05) is 31.1 Å². The summed E-state index contributed by atoms with van der Waals surface area (Å²) in [5, 5.41) is 2.05. The Balaban J connectivity index is 1.35. The van der Waals surface area contributed by atoms with Crippen LogP contribution >= 0.6 is 11.3 Å². The first-order valence-corrected chi connectivity index (χ1v) is 9.41. The van der Waals surface area contributed by atoms with Gasteiger partial charge in [0.05, 0.1) is 4.88 Å². The van der Waals surface area contributed by atoms with E-state index in [1.165, 1.54) is 11.1 Å². The molecule has 4 heterocycles. The van der Waals surface area contributed by atoms with Gasteiger partial charge in [0, 0.05) is 56.9 Å². The van der Waals surface area contributed by atoms with Crippen molar-refractivity contribution < 1.29 is 0 Å². The minimum absolute atomic E-state index is 0.814. The molecule has 0 amide bonds. The van der Waals surface area contributed by atoms with Crippen molar-refractivity contribution in [1.82, 2.24) is 19.9 Å². The molecule has 5 nitrogen and oxygen atoms in total. The molecule has 3 aromatic heterocycles. The largest absolute Gasteiger partial charge is 0.354 e. The van der Waals surface area contributed by atoms with Crippen molar-refractivity contribution in [3.05, 3.63) is 59.4 Å². The Morgan fingerprint density at radius 2 is 1.80 bits per heavy atom. The normalized spacial score (nSPS) is 15.5. The van der Waals surface area contributed by atoms with E-state index in [0.29, 0.717) is 0 Å². The Bertz CT molecular complexity index is 808. The molecular weight excluding hydrogens is 330 g/mol. The number of pyridine rings is 1. The van der Waals surface area contributed by atoms with E-state index in [9.17, 15) is 0 Å². The smallest absolute Gasteiger partial charge is 0.169 e. The predicted molar refractivity (Wildman–Crippen MR) is 102 cm³/mol. The number of nitrogens with zero attached hydrogens (tertiary/aromatic N) is 5. The maximum Gasteiger partial charge on any atom is 0.169 e. The lowest BCUT2D eigenvalue weighted by Crippen LogP contribution is -2.46. The highest BCUT2D eigenvalue weighted by Crippen LogP contribution is 2.21. The lowest BCUT2D eigenvalue weighted by atomic mass is 10.2. The van der Waals surface area contributed by atoms with Gasteiger partial charge in [-0.3, -0.25) is 4.90 Å². The van der Waals surface area contributed by atoms with Gasteiger partial charge in [-0.25, -0.2) is 15.0 Å². The molecule has 1 fully saturated rings. The summed E-state index contributed by atoms with van der Waals surface area (Å²) >= 11 is 1.67. The molecular formula is C19H21N5S. The van der Waals surface area contributed by atoms with Gasteiger partial charge in [-0.1, -0.05) is 12.1 Å². The summed E-state index contributed by atoms with van der Waals surface area (Å²) in [6.45, 7) is 7.10. The standard InChI is InChI=1S/C19H21N5S/c1-15-4-2-6-20-19(15)24-9-7-23(8-10-24)14-16-12-21-18(22-13-16)17-5-3-11-25-17/h2-6,11-13H,7-10,14H2,1H3. The average molecular weight is 351 g/mol. The van der Waals surface area contributed by atoms with Gasteiger partial charge in [0.2, 0.25) is 0 Å². The van der Waals surface area contributed by atoms with Crippen molar-refractivity contribution in [3.63, 3.8) is 0 Å². The number of hydrogen-bond donors (Lipinski definition) is 0. The molecule has 1 aliphatic rings. The second kappa shape index (κ2) is 7.29. The average Bonchev–Trinajstić information content (AvgIpc) is 3.18. The van der Waals surface area contributed by atoms with Gasteiger partial charge in [-0.2, -0.15) is 0 Å². The number of anilines is 1. The van der Waals surface area contributed by atoms with E-state index in [-0.39, 0.29) is 0 Å². The highest BCUT2D eigenvalue weighted by atomic mass is 32.1. The van der Waals surface area contributed by atoms with E-state index in [1.54, 1.807) is 11.3 Å². The lowest BCUT2D eigenvalue weighted by molar-refractivity contribution is 0.248. The third-order valence-corrected chi connectivity index (χ3v) is 5.37. The summed E-state index contributed by atoms with van der Waals surface area (Å²) < 4.78 is 0. The van der Waals surface area contributed by atoms with Crippen LogP contribution < -0.4 is 4.90 Å². The summed E-state index contributed by atoms with van der Waals surface area (Å²) in [6, 6.07) is 8.20. The fraction of sp³-hybridized carbons (Fsp3) is 0.316. The zero-order chi connectivity index (χ0) is 17.1. The van der Waals surface area contributed by atoms with Gasteiger partial charge < -0.3 is 4.90 Å². The Morgan fingerprint density at radius 1 is 1.00 bits per heavy atom. The monoisotopic (exact) mass is 351 g/mol. The van der Waals surface area contributed by atoms with E-state index in [1.807, 2.05) is 30.7 Å². The maximum absolute atomic E-state index is 4.53. The van der Waals surface area contributed by atoms with Crippen molar-refractivity contribution in [1.29, 1.82) is 0 Å². The third kappa shape index (κ3) is 3.70. The second-order valence-corrected chi connectivity index (χ2v) is 7.25. The van der Waals surface area contributed by atoms with Gasteiger partial charge in [0.1, 0.15) is 5.82 Å². The summed E-state index contributed by atoms with van der Waals surface area (Å²) in [5.41, 5.74) is 2.41. The Kier molecular flexibility index (Phi) is 4.72. The minimum Gasteiger partial charge on any atom is -0.354 e. The molecule has 1 saturated heterocycles. The van der Waals surface area contributed by atoms with E-state index in [4.69, 9.17) is 0 Å². The van der Waals surface area contributed by atoms with Gasteiger partial charge >= 0.3 is 0 Å². The minimum atomic E-state index is 0.814. The van der Waals surface area contributed by atoms with Crippen LogP contribution in [0.5, 0.6) is 0 Å². The molecule has 0 N–H and O–H groups in total. The molecule has 128 valence electrons.